The first-order valence-corrected chi connectivity index (χ1v) is 6.83. The van der Waals surface area contributed by atoms with Gasteiger partial charge in [0.2, 0.25) is 0 Å². The zero-order valence-electron chi connectivity index (χ0n) is 10.6. The molecule has 1 aromatic heterocycles. The lowest BCUT2D eigenvalue weighted by molar-refractivity contribution is 0.0702. The maximum atomic E-state index is 10.9. The lowest BCUT2D eigenvalue weighted by atomic mass is 10.1. The smallest absolute Gasteiger partial charge is 0.349 e. The van der Waals surface area contributed by atoms with Gasteiger partial charge in [-0.1, -0.05) is 52.8 Å². The zero-order chi connectivity index (χ0) is 14.0. The van der Waals surface area contributed by atoms with Gasteiger partial charge < -0.3 is 10.0 Å². The molecule has 1 aromatic carbocycles. The van der Waals surface area contributed by atoms with Crippen molar-refractivity contribution in [2.45, 2.75) is 13.5 Å². The molecular formula is C13H13ClN2O2S. The van der Waals surface area contributed by atoms with Crippen molar-refractivity contribution in [3.05, 3.63) is 45.4 Å². The Hall–Kier alpha value is -1.59. The molecule has 0 aliphatic rings. The monoisotopic (exact) mass is 296 g/mol. The van der Waals surface area contributed by atoms with E-state index in [1.807, 2.05) is 37.1 Å². The van der Waals surface area contributed by atoms with Crippen LogP contribution < -0.4 is 4.90 Å². The molecule has 0 unspecified atom stereocenters. The van der Waals surface area contributed by atoms with Crippen LogP contribution in [0.4, 0.5) is 5.13 Å². The zero-order valence-corrected chi connectivity index (χ0v) is 12.1. The van der Waals surface area contributed by atoms with Gasteiger partial charge in [0.1, 0.15) is 0 Å². The van der Waals surface area contributed by atoms with Crippen molar-refractivity contribution in [1.29, 1.82) is 0 Å². The normalized spacial score (nSPS) is 10.5. The summed E-state index contributed by atoms with van der Waals surface area (Å²) in [6, 6.07) is 8.14. The van der Waals surface area contributed by atoms with Crippen molar-refractivity contribution < 1.29 is 9.90 Å². The van der Waals surface area contributed by atoms with E-state index in [-0.39, 0.29) is 10.0 Å². The maximum absolute atomic E-state index is 10.9. The molecule has 0 atom stereocenters. The predicted octanol–water partition coefficient (Wildman–Crippen LogP) is 3.44. The van der Waals surface area contributed by atoms with E-state index in [4.69, 9.17) is 16.7 Å². The van der Waals surface area contributed by atoms with E-state index in [2.05, 4.69) is 11.1 Å². The summed E-state index contributed by atoms with van der Waals surface area (Å²) in [6.45, 7) is 2.69. The summed E-state index contributed by atoms with van der Waals surface area (Å²) in [6.07, 6.45) is 0. The minimum atomic E-state index is -1.04. The van der Waals surface area contributed by atoms with Gasteiger partial charge in [0.05, 0.1) is 0 Å². The van der Waals surface area contributed by atoms with Crippen LogP contribution in [0.5, 0.6) is 0 Å². The molecule has 0 aliphatic heterocycles. The van der Waals surface area contributed by atoms with E-state index in [9.17, 15) is 4.79 Å². The summed E-state index contributed by atoms with van der Waals surface area (Å²) in [5.74, 6) is -1.04. The van der Waals surface area contributed by atoms with Crippen LogP contribution in [0.1, 0.15) is 20.8 Å². The lowest BCUT2D eigenvalue weighted by Crippen LogP contribution is -2.16. The summed E-state index contributed by atoms with van der Waals surface area (Å²) in [7, 11) is 1.86. The van der Waals surface area contributed by atoms with E-state index in [0.29, 0.717) is 11.7 Å². The summed E-state index contributed by atoms with van der Waals surface area (Å²) < 4.78 is 0. The predicted molar refractivity (Wildman–Crippen MR) is 77.4 cm³/mol. The van der Waals surface area contributed by atoms with E-state index in [1.165, 1.54) is 5.56 Å². The number of rotatable bonds is 4. The molecule has 0 fully saturated rings. The number of carbonyl (C=O) groups is 1. The number of nitrogens with zero attached hydrogens (tertiary/aromatic N) is 2. The van der Waals surface area contributed by atoms with Gasteiger partial charge in [-0.05, 0) is 12.5 Å². The number of halogens is 1. The van der Waals surface area contributed by atoms with Crippen LogP contribution >= 0.6 is 22.9 Å². The van der Waals surface area contributed by atoms with Crippen LogP contribution in [0.15, 0.2) is 24.3 Å². The third-order valence-corrected chi connectivity index (χ3v) is 4.14. The molecule has 1 heterocycles. The second kappa shape index (κ2) is 5.59. The van der Waals surface area contributed by atoms with Crippen LogP contribution in [0.25, 0.3) is 0 Å². The Morgan fingerprint density at radius 3 is 2.84 bits per heavy atom. The molecule has 6 heteroatoms. The second-order valence-electron chi connectivity index (χ2n) is 4.27. The van der Waals surface area contributed by atoms with Gasteiger partial charge in [0.15, 0.2) is 15.2 Å². The van der Waals surface area contributed by atoms with E-state index >= 15 is 0 Å². The van der Waals surface area contributed by atoms with Gasteiger partial charge in [-0.15, -0.1) is 0 Å². The van der Waals surface area contributed by atoms with Crippen molar-refractivity contribution in [1.82, 2.24) is 4.98 Å². The number of hydrogen-bond donors (Lipinski definition) is 1. The number of hydrogen-bond acceptors (Lipinski definition) is 4. The number of anilines is 1. The minimum absolute atomic E-state index is 0.0450. The summed E-state index contributed by atoms with van der Waals surface area (Å²) >= 11 is 6.89. The highest BCUT2D eigenvalue weighted by Crippen LogP contribution is 2.29. The highest BCUT2D eigenvalue weighted by atomic mass is 35.5. The van der Waals surface area contributed by atoms with Crippen molar-refractivity contribution in [2.75, 3.05) is 11.9 Å². The molecule has 19 heavy (non-hydrogen) atoms. The number of aromatic carboxylic acids is 1. The highest BCUT2D eigenvalue weighted by Gasteiger charge is 2.17. The van der Waals surface area contributed by atoms with Crippen LogP contribution in [-0.2, 0) is 6.54 Å². The van der Waals surface area contributed by atoms with Gasteiger partial charge in [-0.2, -0.15) is 0 Å². The first kappa shape index (κ1) is 13.8. The topological polar surface area (TPSA) is 53.4 Å². The Balaban J connectivity index is 2.18. The van der Waals surface area contributed by atoms with Crippen LogP contribution in [0, 0.1) is 6.92 Å². The number of benzene rings is 1. The summed E-state index contributed by atoms with van der Waals surface area (Å²) in [4.78, 5) is 17.0. The van der Waals surface area contributed by atoms with Gasteiger partial charge in [-0.25, -0.2) is 9.78 Å². The first-order chi connectivity index (χ1) is 8.97. The van der Waals surface area contributed by atoms with Crippen molar-refractivity contribution in [3.63, 3.8) is 0 Å². The molecule has 0 saturated heterocycles. The van der Waals surface area contributed by atoms with Crippen molar-refractivity contribution >= 4 is 34.0 Å². The maximum Gasteiger partial charge on any atom is 0.349 e. The summed E-state index contributed by atoms with van der Waals surface area (Å²) in [5, 5.41) is 9.60. The average molecular weight is 297 g/mol. The molecule has 100 valence electrons. The molecule has 0 aliphatic carbocycles. The van der Waals surface area contributed by atoms with E-state index in [0.717, 1.165) is 16.9 Å². The minimum Gasteiger partial charge on any atom is -0.477 e. The highest BCUT2D eigenvalue weighted by molar-refractivity contribution is 7.18. The molecule has 4 nitrogen and oxygen atoms in total. The van der Waals surface area contributed by atoms with Gasteiger partial charge in [0.25, 0.3) is 0 Å². The molecule has 1 N–H and O–H groups in total. The lowest BCUT2D eigenvalue weighted by Gasteiger charge is -2.15. The molecule has 2 aromatic rings. The molecule has 2 rings (SSSR count). The number of carboxylic acid groups (broad SMARTS) is 1. The number of carboxylic acids is 1. The number of aromatic nitrogens is 1. The molecule has 0 amide bonds. The largest absolute Gasteiger partial charge is 0.477 e. The Kier molecular flexibility index (Phi) is 4.07. The quantitative estimate of drug-likeness (QED) is 0.939. The van der Waals surface area contributed by atoms with Gasteiger partial charge >= 0.3 is 5.97 Å². The van der Waals surface area contributed by atoms with E-state index < -0.39 is 5.97 Å². The average Bonchev–Trinajstić information content (AvgIpc) is 2.71. The molecule has 0 saturated carbocycles. The molecule has 0 spiro atoms. The Morgan fingerprint density at radius 1 is 1.53 bits per heavy atom. The fraction of sp³-hybridized carbons (Fsp3) is 0.231. The van der Waals surface area contributed by atoms with E-state index in [1.54, 1.807) is 0 Å². The fourth-order valence-corrected chi connectivity index (χ4v) is 2.82. The van der Waals surface area contributed by atoms with Crippen LogP contribution in [0.3, 0.4) is 0 Å². The van der Waals surface area contributed by atoms with Crippen molar-refractivity contribution in [3.8, 4) is 0 Å². The third-order valence-electron chi connectivity index (χ3n) is 2.60. The fourth-order valence-electron chi connectivity index (χ4n) is 1.74. The first-order valence-electron chi connectivity index (χ1n) is 5.63. The Bertz CT molecular complexity index is 612. The van der Waals surface area contributed by atoms with Crippen LogP contribution in [-0.4, -0.2) is 23.1 Å². The SMILES string of the molecule is Cc1cccc(CN(C)c2nc(Cl)c(C(=O)O)s2)c1. The standard InChI is InChI=1S/C13H13ClN2O2S/c1-8-4-3-5-9(6-8)7-16(2)13-15-11(14)10(19-13)12(17)18/h3-6H,7H2,1-2H3,(H,17,18). The Labute approximate surface area is 120 Å². The molecule has 0 bridgehead atoms. The molecular weight excluding hydrogens is 284 g/mol. The summed E-state index contributed by atoms with van der Waals surface area (Å²) in [5.41, 5.74) is 2.33. The Morgan fingerprint density at radius 2 is 2.26 bits per heavy atom. The third kappa shape index (κ3) is 3.24. The molecule has 0 radical (unpaired) electrons. The second-order valence-corrected chi connectivity index (χ2v) is 5.60. The van der Waals surface area contributed by atoms with Gasteiger partial charge in [0, 0.05) is 13.6 Å². The van der Waals surface area contributed by atoms with Crippen molar-refractivity contribution in [2.24, 2.45) is 0 Å². The number of thiazole rings is 1. The van der Waals surface area contributed by atoms with Crippen LogP contribution in [0.2, 0.25) is 5.15 Å². The van der Waals surface area contributed by atoms with Gasteiger partial charge in [-0.3, -0.25) is 0 Å². The number of aryl methyl sites for hydroxylation is 1.